The molecule has 0 aromatic heterocycles. The van der Waals surface area contributed by atoms with Gasteiger partial charge in [0.2, 0.25) is 15.9 Å². The fourth-order valence-electron chi connectivity index (χ4n) is 2.52. The molecule has 1 aromatic rings. The molecule has 0 saturated heterocycles. The Balaban J connectivity index is 2.27. The first kappa shape index (κ1) is 16.5. The summed E-state index contributed by atoms with van der Waals surface area (Å²) in [6, 6.07) is 4.55. The molecule has 1 aromatic carbocycles. The summed E-state index contributed by atoms with van der Waals surface area (Å²) in [7, 11) is -3.62. The van der Waals surface area contributed by atoms with Crippen molar-refractivity contribution >= 4 is 15.9 Å². The Morgan fingerprint density at radius 1 is 1.32 bits per heavy atom. The molecule has 1 amide bonds. The fraction of sp³-hybridized carbons (Fsp3) is 0.438. The van der Waals surface area contributed by atoms with Crippen LogP contribution < -0.4 is 4.72 Å². The monoisotopic (exact) mass is 320 g/mol. The van der Waals surface area contributed by atoms with Crippen LogP contribution in [0.4, 0.5) is 0 Å². The standard InChI is InChI=1S/C16H20N2O3S/c1-4-12(2)17-22(20,21)16-6-5-14-7-9-18(13(3)19)10-8-15(14)11-16/h1,5-6,11-12,17H,7-10H2,2-3H3/t12-/m0/s1. The lowest BCUT2D eigenvalue weighted by Gasteiger charge is -2.17. The van der Waals surface area contributed by atoms with E-state index in [4.69, 9.17) is 6.42 Å². The lowest BCUT2D eigenvalue weighted by molar-refractivity contribution is -0.128. The number of hydrogen-bond acceptors (Lipinski definition) is 3. The van der Waals surface area contributed by atoms with Crippen LogP contribution in [-0.4, -0.2) is 38.4 Å². The molecular formula is C16H20N2O3S. The summed E-state index contributed by atoms with van der Waals surface area (Å²) in [5.41, 5.74) is 2.06. The van der Waals surface area contributed by atoms with Crippen molar-refractivity contribution in [2.24, 2.45) is 0 Å². The molecule has 0 saturated carbocycles. The van der Waals surface area contributed by atoms with E-state index >= 15 is 0 Å². The summed E-state index contributed by atoms with van der Waals surface area (Å²) >= 11 is 0. The van der Waals surface area contributed by atoms with Crippen molar-refractivity contribution in [2.45, 2.75) is 37.6 Å². The van der Waals surface area contributed by atoms with Crippen LogP contribution in [0.15, 0.2) is 23.1 Å². The molecule has 22 heavy (non-hydrogen) atoms. The topological polar surface area (TPSA) is 66.5 Å². The number of fused-ring (bicyclic) bond motifs is 1. The van der Waals surface area contributed by atoms with Crippen molar-refractivity contribution in [3.63, 3.8) is 0 Å². The average molecular weight is 320 g/mol. The van der Waals surface area contributed by atoms with E-state index in [1.54, 1.807) is 30.9 Å². The number of benzene rings is 1. The maximum atomic E-state index is 12.3. The quantitative estimate of drug-likeness (QED) is 0.843. The summed E-state index contributed by atoms with van der Waals surface area (Å²) in [5.74, 6) is 2.39. The van der Waals surface area contributed by atoms with Crippen molar-refractivity contribution < 1.29 is 13.2 Å². The van der Waals surface area contributed by atoms with Gasteiger partial charge in [0.15, 0.2) is 0 Å². The SMILES string of the molecule is C#C[C@H](C)NS(=O)(=O)c1ccc2c(c1)CCN(C(C)=O)CC2. The van der Waals surface area contributed by atoms with Gasteiger partial charge in [-0.2, -0.15) is 4.72 Å². The highest BCUT2D eigenvalue weighted by Gasteiger charge is 2.20. The molecule has 6 heteroatoms. The third kappa shape index (κ3) is 3.67. The van der Waals surface area contributed by atoms with E-state index in [-0.39, 0.29) is 10.8 Å². The Kier molecular flexibility index (Phi) is 4.89. The second kappa shape index (κ2) is 6.51. The number of carbonyl (C=O) groups is 1. The number of amides is 1. The molecule has 0 unspecified atom stereocenters. The highest BCUT2D eigenvalue weighted by molar-refractivity contribution is 7.89. The van der Waals surface area contributed by atoms with Gasteiger partial charge in [-0.3, -0.25) is 4.79 Å². The van der Waals surface area contributed by atoms with Crippen LogP contribution in [0.2, 0.25) is 0 Å². The Morgan fingerprint density at radius 2 is 1.95 bits per heavy atom. The maximum Gasteiger partial charge on any atom is 0.241 e. The second-order valence-electron chi connectivity index (χ2n) is 5.45. The normalized spacial score (nSPS) is 16.3. The smallest absolute Gasteiger partial charge is 0.241 e. The molecule has 118 valence electrons. The third-order valence-corrected chi connectivity index (χ3v) is 5.36. The zero-order valence-electron chi connectivity index (χ0n) is 12.8. The molecule has 0 aliphatic carbocycles. The van der Waals surface area contributed by atoms with Gasteiger partial charge in [0.25, 0.3) is 0 Å². The molecule has 1 heterocycles. The highest BCUT2D eigenvalue weighted by atomic mass is 32.2. The van der Waals surface area contributed by atoms with Gasteiger partial charge in [0.1, 0.15) is 0 Å². The summed E-state index contributed by atoms with van der Waals surface area (Å²) in [6.07, 6.45) is 6.61. The van der Waals surface area contributed by atoms with Gasteiger partial charge in [-0.15, -0.1) is 6.42 Å². The zero-order chi connectivity index (χ0) is 16.3. The summed E-state index contributed by atoms with van der Waals surface area (Å²) < 4.78 is 27.0. The van der Waals surface area contributed by atoms with E-state index < -0.39 is 16.1 Å². The molecule has 0 spiro atoms. The van der Waals surface area contributed by atoms with Crippen molar-refractivity contribution in [1.82, 2.24) is 9.62 Å². The number of nitrogens with zero attached hydrogens (tertiary/aromatic N) is 1. The number of sulfonamides is 1. The minimum Gasteiger partial charge on any atom is -0.342 e. The van der Waals surface area contributed by atoms with Crippen molar-refractivity contribution in [2.75, 3.05) is 13.1 Å². The van der Waals surface area contributed by atoms with E-state index in [2.05, 4.69) is 10.6 Å². The van der Waals surface area contributed by atoms with Gasteiger partial charge < -0.3 is 4.90 Å². The minimum atomic E-state index is -3.62. The highest BCUT2D eigenvalue weighted by Crippen LogP contribution is 2.20. The molecule has 1 N–H and O–H groups in total. The second-order valence-corrected chi connectivity index (χ2v) is 7.16. The number of hydrogen-bond donors (Lipinski definition) is 1. The Labute approximate surface area is 131 Å². The molecular weight excluding hydrogens is 300 g/mol. The van der Waals surface area contributed by atoms with Gasteiger partial charge in [-0.05, 0) is 43.0 Å². The van der Waals surface area contributed by atoms with Gasteiger partial charge in [-0.25, -0.2) is 8.42 Å². The first-order chi connectivity index (χ1) is 10.3. The van der Waals surface area contributed by atoms with E-state index in [9.17, 15) is 13.2 Å². The summed E-state index contributed by atoms with van der Waals surface area (Å²) in [6.45, 7) is 4.45. The minimum absolute atomic E-state index is 0.0464. The summed E-state index contributed by atoms with van der Waals surface area (Å²) in [4.78, 5) is 13.5. The van der Waals surface area contributed by atoms with Gasteiger partial charge in [0, 0.05) is 20.0 Å². The first-order valence-corrected chi connectivity index (χ1v) is 8.67. The molecule has 2 rings (SSSR count). The van der Waals surface area contributed by atoms with Crippen LogP contribution in [0.3, 0.4) is 0 Å². The largest absolute Gasteiger partial charge is 0.342 e. The predicted molar refractivity (Wildman–Crippen MR) is 84.7 cm³/mol. The van der Waals surface area contributed by atoms with E-state index in [0.717, 1.165) is 17.5 Å². The van der Waals surface area contributed by atoms with E-state index in [1.807, 2.05) is 6.07 Å². The van der Waals surface area contributed by atoms with Crippen LogP contribution in [0.5, 0.6) is 0 Å². The molecule has 1 aliphatic rings. The van der Waals surface area contributed by atoms with E-state index in [0.29, 0.717) is 19.5 Å². The number of carbonyl (C=O) groups excluding carboxylic acids is 1. The Hall–Kier alpha value is -1.84. The fourth-order valence-corrected chi connectivity index (χ4v) is 3.73. The predicted octanol–water partition coefficient (Wildman–Crippen LogP) is 0.934. The van der Waals surface area contributed by atoms with Crippen LogP contribution in [0.1, 0.15) is 25.0 Å². The zero-order valence-corrected chi connectivity index (χ0v) is 13.6. The molecule has 0 radical (unpaired) electrons. The third-order valence-electron chi connectivity index (χ3n) is 3.82. The van der Waals surface area contributed by atoms with E-state index in [1.165, 1.54) is 0 Å². The molecule has 0 bridgehead atoms. The molecule has 1 atom stereocenters. The number of nitrogens with one attached hydrogen (secondary N) is 1. The first-order valence-electron chi connectivity index (χ1n) is 7.19. The van der Waals surface area contributed by atoms with Gasteiger partial charge in [0.05, 0.1) is 10.9 Å². The van der Waals surface area contributed by atoms with Gasteiger partial charge >= 0.3 is 0 Å². The van der Waals surface area contributed by atoms with Crippen molar-refractivity contribution in [3.05, 3.63) is 29.3 Å². The van der Waals surface area contributed by atoms with Crippen LogP contribution in [0.25, 0.3) is 0 Å². The molecule has 0 fully saturated rings. The lowest BCUT2D eigenvalue weighted by atomic mass is 10.0. The lowest BCUT2D eigenvalue weighted by Crippen LogP contribution is -2.31. The van der Waals surface area contributed by atoms with Crippen molar-refractivity contribution in [3.8, 4) is 12.3 Å². The Morgan fingerprint density at radius 3 is 2.55 bits per heavy atom. The number of terminal acetylenes is 1. The molecule has 5 nitrogen and oxygen atoms in total. The average Bonchev–Trinajstić information content (AvgIpc) is 2.68. The maximum absolute atomic E-state index is 12.3. The van der Waals surface area contributed by atoms with Gasteiger partial charge in [-0.1, -0.05) is 12.0 Å². The van der Waals surface area contributed by atoms with Crippen molar-refractivity contribution in [1.29, 1.82) is 0 Å². The van der Waals surface area contributed by atoms with Crippen LogP contribution in [-0.2, 0) is 27.7 Å². The van der Waals surface area contributed by atoms with Crippen LogP contribution >= 0.6 is 0 Å². The number of rotatable bonds is 3. The Bertz CT molecular complexity index is 719. The molecule has 1 aliphatic heterocycles. The van der Waals surface area contributed by atoms with Crippen LogP contribution in [0, 0.1) is 12.3 Å². The summed E-state index contributed by atoms with van der Waals surface area (Å²) in [5, 5.41) is 0.